The van der Waals surface area contributed by atoms with Crippen LogP contribution in [0, 0.1) is 0 Å². The van der Waals surface area contributed by atoms with Gasteiger partial charge < -0.3 is 13.9 Å². The minimum absolute atomic E-state index is 0.517. The summed E-state index contributed by atoms with van der Waals surface area (Å²) < 4.78 is 10.2. The smallest absolute Gasteiger partial charge is 0.109 e. The highest BCUT2D eigenvalue weighted by Crippen LogP contribution is 2.23. The molecule has 0 aliphatic carbocycles. The summed E-state index contributed by atoms with van der Waals surface area (Å²) in [4.78, 5) is 0. The first-order chi connectivity index (χ1) is 7.31. The molecule has 0 spiro atoms. The highest BCUT2D eigenvalue weighted by atomic mass is 16.3. The van der Waals surface area contributed by atoms with E-state index in [1.807, 2.05) is 19.1 Å². The Bertz CT molecular complexity index is 400. The van der Waals surface area contributed by atoms with E-state index in [1.54, 1.807) is 18.8 Å². The van der Waals surface area contributed by atoms with Crippen LogP contribution < -0.4 is 0 Å². The van der Waals surface area contributed by atoms with Crippen molar-refractivity contribution >= 4 is 0 Å². The molecule has 3 nitrogen and oxygen atoms in total. The van der Waals surface area contributed by atoms with E-state index < -0.39 is 6.10 Å². The van der Waals surface area contributed by atoms with Crippen molar-refractivity contribution in [1.82, 2.24) is 0 Å². The summed E-state index contributed by atoms with van der Waals surface area (Å²) in [5.74, 6) is 0.853. The van der Waals surface area contributed by atoms with Gasteiger partial charge in [-0.15, -0.1) is 0 Å². The molecule has 0 amide bonds. The number of aliphatic hydroxyl groups is 1. The summed E-state index contributed by atoms with van der Waals surface area (Å²) in [6.07, 6.45) is 5.71. The highest BCUT2D eigenvalue weighted by molar-refractivity contribution is 5.22. The predicted molar refractivity (Wildman–Crippen MR) is 55.5 cm³/mol. The van der Waals surface area contributed by atoms with Crippen LogP contribution in [0.15, 0.2) is 39.8 Å². The third-order valence-corrected chi connectivity index (χ3v) is 2.47. The molecule has 1 atom stereocenters. The standard InChI is InChI=1S/C12H14O3/c1-2-12-10(4-6-15-12)11(13)7-9-3-5-14-8-9/h3-6,8,11,13H,2,7H2,1H3. The summed E-state index contributed by atoms with van der Waals surface area (Å²) in [5.41, 5.74) is 1.87. The van der Waals surface area contributed by atoms with E-state index in [0.717, 1.165) is 23.3 Å². The van der Waals surface area contributed by atoms with E-state index in [1.165, 1.54) is 0 Å². The predicted octanol–water partition coefficient (Wildman–Crippen LogP) is 2.71. The van der Waals surface area contributed by atoms with E-state index in [-0.39, 0.29) is 0 Å². The van der Waals surface area contributed by atoms with Gasteiger partial charge in [-0.25, -0.2) is 0 Å². The molecule has 0 aliphatic rings. The van der Waals surface area contributed by atoms with Gasteiger partial charge in [-0.2, -0.15) is 0 Å². The molecule has 3 heteroatoms. The first-order valence-electron chi connectivity index (χ1n) is 5.06. The molecule has 2 heterocycles. The maximum absolute atomic E-state index is 9.99. The van der Waals surface area contributed by atoms with E-state index >= 15 is 0 Å². The van der Waals surface area contributed by atoms with Crippen LogP contribution in [-0.4, -0.2) is 5.11 Å². The highest BCUT2D eigenvalue weighted by Gasteiger charge is 2.15. The van der Waals surface area contributed by atoms with Crippen molar-refractivity contribution in [2.24, 2.45) is 0 Å². The van der Waals surface area contributed by atoms with E-state index in [2.05, 4.69) is 0 Å². The fraction of sp³-hybridized carbons (Fsp3) is 0.333. The van der Waals surface area contributed by atoms with Crippen molar-refractivity contribution in [3.05, 3.63) is 47.8 Å². The van der Waals surface area contributed by atoms with Gasteiger partial charge in [0.25, 0.3) is 0 Å². The van der Waals surface area contributed by atoms with Crippen LogP contribution in [0.2, 0.25) is 0 Å². The largest absolute Gasteiger partial charge is 0.472 e. The molecule has 2 aromatic heterocycles. The molecule has 0 radical (unpaired) electrons. The first kappa shape index (κ1) is 10.1. The fourth-order valence-electron chi connectivity index (χ4n) is 1.68. The molecule has 1 unspecified atom stereocenters. The van der Waals surface area contributed by atoms with Crippen LogP contribution in [0.25, 0.3) is 0 Å². The number of aryl methyl sites for hydroxylation is 1. The lowest BCUT2D eigenvalue weighted by Crippen LogP contribution is -2.02. The Hall–Kier alpha value is -1.48. The van der Waals surface area contributed by atoms with Crippen LogP contribution in [-0.2, 0) is 12.8 Å². The average Bonchev–Trinajstić information content (AvgIpc) is 2.86. The number of rotatable bonds is 4. The van der Waals surface area contributed by atoms with Crippen molar-refractivity contribution < 1.29 is 13.9 Å². The van der Waals surface area contributed by atoms with Gasteiger partial charge >= 0.3 is 0 Å². The van der Waals surface area contributed by atoms with Crippen LogP contribution in [0.5, 0.6) is 0 Å². The minimum atomic E-state index is -0.517. The molecular formula is C12H14O3. The van der Waals surface area contributed by atoms with Crippen LogP contribution in [0.3, 0.4) is 0 Å². The number of hydrogen-bond donors (Lipinski definition) is 1. The fourth-order valence-corrected chi connectivity index (χ4v) is 1.68. The SMILES string of the molecule is CCc1occc1C(O)Cc1ccoc1. The van der Waals surface area contributed by atoms with Gasteiger partial charge in [0.2, 0.25) is 0 Å². The van der Waals surface area contributed by atoms with Crippen LogP contribution in [0.1, 0.15) is 29.9 Å². The lowest BCUT2D eigenvalue weighted by Gasteiger charge is -2.08. The quantitative estimate of drug-likeness (QED) is 0.836. The van der Waals surface area contributed by atoms with Crippen molar-refractivity contribution in [2.75, 3.05) is 0 Å². The maximum atomic E-state index is 9.99. The maximum Gasteiger partial charge on any atom is 0.109 e. The monoisotopic (exact) mass is 206 g/mol. The van der Waals surface area contributed by atoms with Crippen molar-refractivity contribution in [1.29, 1.82) is 0 Å². The zero-order chi connectivity index (χ0) is 10.7. The molecule has 0 fully saturated rings. The summed E-state index contributed by atoms with van der Waals surface area (Å²) in [7, 11) is 0. The Kier molecular flexibility index (Phi) is 2.92. The first-order valence-corrected chi connectivity index (χ1v) is 5.06. The summed E-state index contributed by atoms with van der Waals surface area (Å²) in [5, 5.41) is 9.99. The second kappa shape index (κ2) is 4.36. The summed E-state index contributed by atoms with van der Waals surface area (Å²) in [6, 6.07) is 3.68. The normalized spacial score (nSPS) is 12.9. The Morgan fingerprint density at radius 1 is 1.33 bits per heavy atom. The van der Waals surface area contributed by atoms with Crippen molar-refractivity contribution in [2.45, 2.75) is 25.9 Å². The van der Waals surface area contributed by atoms with Gasteiger partial charge in [0.15, 0.2) is 0 Å². The van der Waals surface area contributed by atoms with Gasteiger partial charge in [0.05, 0.1) is 24.9 Å². The molecule has 0 aromatic carbocycles. The van der Waals surface area contributed by atoms with Gasteiger partial charge in [0.1, 0.15) is 5.76 Å². The van der Waals surface area contributed by atoms with Gasteiger partial charge in [0, 0.05) is 18.4 Å². The van der Waals surface area contributed by atoms with Gasteiger partial charge in [-0.05, 0) is 17.7 Å². The lowest BCUT2D eigenvalue weighted by atomic mass is 10.0. The van der Waals surface area contributed by atoms with Crippen molar-refractivity contribution in [3.8, 4) is 0 Å². The molecule has 0 aliphatic heterocycles. The molecule has 0 saturated carbocycles. The molecule has 2 rings (SSSR count). The number of hydrogen-bond acceptors (Lipinski definition) is 3. The molecule has 0 saturated heterocycles. The van der Waals surface area contributed by atoms with E-state index in [0.29, 0.717) is 6.42 Å². The zero-order valence-corrected chi connectivity index (χ0v) is 8.64. The molecule has 1 N–H and O–H groups in total. The van der Waals surface area contributed by atoms with E-state index in [4.69, 9.17) is 8.83 Å². The minimum Gasteiger partial charge on any atom is -0.472 e. The molecule has 15 heavy (non-hydrogen) atoms. The second-order valence-electron chi connectivity index (χ2n) is 3.50. The zero-order valence-electron chi connectivity index (χ0n) is 8.64. The molecule has 2 aromatic rings. The Morgan fingerprint density at radius 3 is 2.87 bits per heavy atom. The molecule has 0 bridgehead atoms. The van der Waals surface area contributed by atoms with Crippen LogP contribution >= 0.6 is 0 Å². The number of aliphatic hydroxyl groups excluding tert-OH is 1. The van der Waals surface area contributed by atoms with Crippen LogP contribution in [0.4, 0.5) is 0 Å². The summed E-state index contributed by atoms with van der Waals surface area (Å²) >= 11 is 0. The van der Waals surface area contributed by atoms with Gasteiger partial charge in [-0.1, -0.05) is 6.92 Å². The molecular weight excluding hydrogens is 192 g/mol. The lowest BCUT2D eigenvalue weighted by molar-refractivity contribution is 0.175. The van der Waals surface area contributed by atoms with Crippen molar-refractivity contribution in [3.63, 3.8) is 0 Å². The third-order valence-electron chi connectivity index (χ3n) is 2.47. The number of furan rings is 2. The van der Waals surface area contributed by atoms with E-state index in [9.17, 15) is 5.11 Å². The topological polar surface area (TPSA) is 46.5 Å². The third kappa shape index (κ3) is 2.13. The Balaban J connectivity index is 2.11. The Labute approximate surface area is 88.3 Å². The van der Waals surface area contributed by atoms with Gasteiger partial charge in [-0.3, -0.25) is 0 Å². The second-order valence-corrected chi connectivity index (χ2v) is 3.50. The average molecular weight is 206 g/mol. The molecule has 80 valence electrons. The Morgan fingerprint density at radius 2 is 2.20 bits per heavy atom. The summed E-state index contributed by atoms with van der Waals surface area (Å²) in [6.45, 7) is 2.01.